The van der Waals surface area contributed by atoms with Crippen LogP contribution in [0.2, 0.25) is 0 Å². The molecule has 4 heteroatoms. The molecule has 76 valence electrons. The normalized spacial score (nSPS) is 10.1. The van der Waals surface area contributed by atoms with Crippen molar-refractivity contribution < 1.29 is 9.90 Å². The molecule has 0 spiro atoms. The zero-order valence-corrected chi connectivity index (χ0v) is 8.80. The third-order valence-corrected chi connectivity index (χ3v) is 2.70. The molecule has 0 aromatic heterocycles. The third kappa shape index (κ3) is 2.75. The minimum absolute atomic E-state index is 0.0426. The molecule has 0 radical (unpaired) electrons. The molecule has 0 unspecified atom stereocenters. The number of hydrogen-bond acceptors (Lipinski definition) is 3. The van der Waals surface area contributed by atoms with Gasteiger partial charge in [0.05, 0.1) is 6.42 Å². The minimum Gasteiger partial charge on any atom is -0.481 e. The summed E-state index contributed by atoms with van der Waals surface area (Å²) in [6, 6.07) is 5.74. The topological polar surface area (TPSA) is 63.3 Å². The van der Waals surface area contributed by atoms with Gasteiger partial charge in [-0.15, -0.1) is 11.8 Å². The first-order valence-corrected chi connectivity index (χ1v) is 5.47. The molecule has 0 aliphatic carbocycles. The third-order valence-electron chi connectivity index (χ3n) is 1.98. The summed E-state index contributed by atoms with van der Waals surface area (Å²) in [7, 11) is 0. The second-order valence-electron chi connectivity index (χ2n) is 2.91. The summed E-state index contributed by atoms with van der Waals surface area (Å²) in [5.74, 6) is -0.821. The van der Waals surface area contributed by atoms with Gasteiger partial charge in [0, 0.05) is 11.4 Å². The number of carboxylic acids is 1. The maximum atomic E-state index is 10.6. The zero-order chi connectivity index (χ0) is 10.6. The Hall–Kier alpha value is -1.00. The molecule has 1 aromatic rings. The number of rotatable bonds is 4. The van der Waals surface area contributed by atoms with E-state index in [1.54, 1.807) is 11.8 Å². The molecule has 3 N–H and O–H groups in total. The number of nitrogens with two attached hydrogens (primary N) is 1. The van der Waals surface area contributed by atoms with Crippen molar-refractivity contribution in [2.75, 3.05) is 6.26 Å². The second-order valence-corrected chi connectivity index (χ2v) is 3.79. The van der Waals surface area contributed by atoms with Crippen LogP contribution >= 0.6 is 11.8 Å². The summed E-state index contributed by atoms with van der Waals surface area (Å²) in [5, 5.41) is 8.70. The van der Waals surface area contributed by atoms with Crippen LogP contribution < -0.4 is 5.73 Å². The Morgan fingerprint density at radius 2 is 2.21 bits per heavy atom. The largest absolute Gasteiger partial charge is 0.481 e. The Balaban J connectivity index is 3.01. The van der Waals surface area contributed by atoms with Crippen LogP contribution in [0.25, 0.3) is 0 Å². The summed E-state index contributed by atoms with van der Waals surface area (Å²) in [6.45, 7) is 0.386. The van der Waals surface area contributed by atoms with Crippen LogP contribution in [0.1, 0.15) is 11.1 Å². The lowest BCUT2D eigenvalue weighted by Crippen LogP contribution is -2.07. The highest BCUT2D eigenvalue weighted by atomic mass is 32.2. The van der Waals surface area contributed by atoms with E-state index in [1.807, 2.05) is 24.5 Å². The molecule has 3 nitrogen and oxygen atoms in total. The van der Waals surface area contributed by atoms with Crippen molar-refractivity contribution in [3.05, 3.63) is 29.3 Å². The van der Waals surface area contributed by atoms with E-state index in [1.165, 1.54) is 0 Å². The molecule has 14 heavy (non-hydrogen) atoms. The summed E-state index contributed by atoms with van der Waals surface area (Å²) >= 11 is 1.60. The van der Waals surface area contributed by atoms with E-state index < -0.39 is 5.97 Å². The molecule has 0 fully saturated rings. The smallest absolute Gasteiger partial charge is 0.307 e. The summed E-state index contributed by atoms with van der Waals surface area (Å²) in [6.07, 6.45) is 2.00. The average Bonchev–Trinajstić information content (AvgIpc) is 2.16. The Labute approximate surface area is 87.3 Å². The van der Waals surface area contributed by atoms with Crippen LogP contribution in [0.4, 0.5) is 0 Å². The van der Waals surface area contributed by atoms with Crippen molar-refractivity contribution >= 4 is 17.7 Å². The van der Waals surface area contributed by atoms with Crippen molar-refractivity contribution in [3.8, 4) is 0 Å². The van der Waals surface area contributed by atoms with E-state index in [2.05, 4.69) is 0 Å². The lowest BCUT2D eigenvalue weighted by Gasteiger charge is -2.07. The van der Waals surface area contributed by atoms with E-state index in [-0.39, 0.29) is 6.42 Å². The Morgan fingerprint density at radius 3 is 2.71 bits per heavy atom. The van der Waals surface area contributed by atoms with Gasteiger partial charge in [0.15, 0.2) is 0 Å². The van der Waals surface area contributed by atoms with Gasteiger partial charge in [0.1, 0.15) is 0 Å². The quantitative estimate of drug-likeness (QED) is 0.741. The van der Waals surface area contributed by atoms with Crippen LogP contribution in [0, 0.1) is 0 Å². The van der Waals surface area contributed by atoms with Gasteiger partial charge in [-0.05, 0) is 29.5 Å². The molecule has 0 bridgehead atoms. The molecule has 0 amide bonds. The van der Waals surface area contributed by atoms with E-state index in [9.17, 15) is 4.79 Å². The predicted octanol–water partition coefficient (Wildman–Crippen LogP) is 1.49. The Morgan fingerprint density at radius 1 is 1.50 bits per heavy atom. The van der Waals surface area contributed by atoms with E-state index >= 15 is 0 Å². The number of hydrogen-bond donors (Lipinski definition) is 2. The van der Waals surface area contributed by atoms with E-state index in [0.29, 0.717) is 6.54 Å². The number of carboxylic acid groups (broad SMARTS) is 1. The van der Waals surface area contributed by atoms with Gasteiger partial charge < -0.3 is 10.8 Å². The second kappa shape index (κ2) is 5.02. The summed E-state index contributed by atoms with van der Waals surface area (Å²) in [4.78, 5) is 11.7. The van der Waals surface area contributed by atoms with Crippen LogP contribution in [0.5, 0.6) is 0 Å². The SMILES string of the molecule is CSc1ccc(CN)c(CC(=O)O)c1. The van der Waals surface area contributed by atoms with E-state index in [4.69, 9.17) is 10.8 Å². The molecule has 0 aliphatic heterocycles. The zero-order valence-electron chi connectivity index (χ0n) is 7.99. The van der Waals surface area contributed by atoms with Crippen LogP contribution in [-0.2, 0) is 17.8 Å². The standard InChI is InChI=1S/C10H13NO2S/c1-14-9-3-2-7(6-11)8(4-9)5-10(12)13/h2-4H,5-6,11H2,1H3,(H,12,13). The highest BCUT2D eigenvalue weighted by Crippen LogP contribution is 2.19. The lowest BCUT2D eigenvalue weighted by molar-refractivity contribution is -0.136. The number of thioether (sulfide) groups is 1. The summed E-state index contributed by atoms with van der Waals surface area (Å²) in [5.41, 5.74) is 7.24. The van der Waals surface area contributed by atoms with Gasteiger partial charge in [-0.3, -0.25) is 4.79 Å². The molecule has 0 heterocycles. The fraction of sp³-hybridized carbons (Fsp3) is 0.300. The van der Waals surface area contributed by atoms with Gasteiger partial charge >= 0.3 is 5.97 Å². The van der Waals surface area contributed by atoms with Gasteiger partial charge in [0.25, 0.3) is 0 Å². The summed E-state index contributed by atoms with van der Waals surface area (Å²) < 4.78 is 0. The molecule has 0 atom stereocenters. The van der Waals surface area contributed by atoms with Gasteiger partial charge in [-0.1, -0.05) is 6.07 Å². The first kappa shape index (κ1) is 11.1. The van der Waals surface area contributed by atoms with Crippen LogP contribution in [0.15, 0.2) is 23.1 Å². The van der Waals surface area contributed by atoms with Crippen molar-refractivity contribution in [1.29, 1.82) is 0 Å². The molecule has 0 saturated heterocycles. The monoisotopic (exact) mass is 211 g/mol. The van der Waals surface area contributed by atoms with E-state index in [0.717, 1.165) is 16.0 Å². The van der Waals surface area contributed by atoms with Gasteiger partial charge in [-0.25, -0.2) is 0 Å². The van der Waals surface area contributed by atoms with Crippen LogP contribution in [-0.4, -0.2) is 17.3 Å². The maximum Gasteiger partial charge on any atom is 0.307 e. The Kier molecular flexibility index (Phi) is 3.98. The minimum atomic E-state index is -0.821. The molecule has 1 aromatic carbocycles. The fourth-order valence-electron chi connectivity index (χ4n) is 1.26. The molecular weight excluding hydrogens is 198 g/mol. The molecular formula is C10H13NO2S. The average molecular weight is 211 g/mol. The van der Waals surface area contributed by atoms with Crippen molar-refractivity contribution in [2.45, 2.75) is 17.9 Å². The van der Waals surface area contributed by atoms with Gasteiger partial charge in [0.2, 0.25) is 0 Å². The highest BCUT2D eigenvalue weighted by molar-refractivity contribution is 7.98. The fourth-order valence-corrected chi connectivity index (χ4v) is 1.72. The lowest BCUT2D eigenvalue weighted by atomic mass is 10.1. The van der Waals surface area contributed by atoms with Gasteiger partial charge in [-0.2, -0.15) is 0 Å². The number of benzene rings is 1. The first-order chi connectivity index (χ1) is 6.67. The number of carbonyl (C=O) groups is 1. The highest BCUT2D eigenvalue weighted by Gasteiger charge is 2.06. The van der Waals surface area contributed by atoms with Crippen molar-refractivity contribution in [2.24, 2.45) is 5.73 Å². The predicted molar refractivity (Wildman–Crippen MR) is 57.5 cm³/mol. The van der Waals surface area contributed by atoms with Crippen LogP contribution in [0.3, 0.4) is 0 Å². The van der Waals surface area contributed by atoms with Crippen molar-refractivity contribution in [3.63, 3.8) is 0 Å². The number of aliphatic carboxylic acids is 1. The Bertz CT molecular complexity index is 339. The molecule has 1 rings (SSSR count). The molecule has 0 aliphatic rings. The maximum absolute atomic E-state index is 10.6. The first-order valence-electron chi connectivity index (χ1n) is 4.25. The van der Waals surface area contributed by atoms with Crippen molar-refractivity contribution in [1.82, 2.24) is 0 Å². The molecule has 0 saturated carbocycles.